The van der Waals surface area contributed by atoms with Crippen molar-refractivity contribution in [2.75, 3.05) is 0 Å². The lowest BCUT2D eigenvalue weighted by Gasteiger charge is -2.41. The van der Waals surface area contributed by atoms with E-state index in [0.717, 1.165) is 6.42 Å². The van der Waals surface area contributed by atoms with E-state index < -0.39 is 46.1 Å². The number of ether oxygens (including phenoxy) is 1. The van der Waals surface area contributed by atoms with Gasteiger partial charge in [0.2, 0.25) is 0 Å². The fraction of sp³-hybridized carbons (Fsp3) is 0.310. The molecule has 4 rings (SSSR count). The molecule has 3 aromatic rings. The van der Waals surface area contributed by atoms with Gasteiger partial charge in [-0.05, 0) is 72.4 Å². The number of alkyl halides is 6. The molecule has 0 bridgehead atoms. The van der Waals surface area contributed by atoms with Crippen LogP contribution in [-0.2, 0) is 18.5 Å². The summed E-state index contributed by atoms with van der Waals surface area (Å²) in [5.74, 6) is -24.3. The van der Waals surface area contributed by atoms with Gasteiger partial charge >= 0.3 is 29.7 Å². The van der Waals surface area contributed by atoms with Crippen LogP contribution in [0.2, 0.25) is 0 Å². The van der Waals surface area contributed by atoms with Crippen LogP contribution in [-0.4, -0.2) is 35.8 Å². The number of carbonyl (C=O) groups is 2. The molecular formula is C29H26F6O4S. The van der Waals surface area contributed by atoms with Gasteiger partial charge in [-0.2, -0.15) is 26.3 Å². The first-order valence-electron chi connectivity index (χ1n) is 12.5. The van der Waals surface area contributed by atoms with Crippen molar-refractivity contribution < 1.29 is 44.9 Å². The van der Waals surface area contributed by atoms with Crippen LogP contribution in [0.25, 0.3) is 0 Å². The van der Waals surface area contributed by atoms with Crippen molar-refractivity contribution in [3.63, 3.8) is 0 Å². The molecule has 0 aromatic heterocycles. The first-order valence-corrected chi connectivity index (χ1v) is 14.1. The molecule has 214 valence electrons. The summed E-state index contributed by atoms with van der Waals surface area (Å²) in [7, 11) is -3.49. The van der Waals surface area contributed by atoms with Crippen LogP contribution in [0.1, 0.15) is 32.1 Å². The minimum atomic E-state index is -6.46. The van der Waals surface area contributed by atoms with E-state index >= 15 is 8.78 Å². The molecule has 3 aromatic carbocycles. The molecule has 0 N–H and O–H groups in total. The minimum absolute atomic E-state index is 0.142. The molecule has 0 heterocycles. The monoisotopic (exact) mass is 584 g/mol. The van der Waals surface area contributed by atoms with Gasteiger partial charge in [-0.15, -0.1) is 0 Å². The summed E-state index contributed by atoms with van der Waals surface area (Å²) in [5, 5.41) is 0. The average molecular weight is 585 g/mol. The zero-order valence-corrected chi connectivity index (χ0v) is 21.9. The van der Waals surface area contributed by atoms with Gasteiger partial charge in [0.25, 0.3) is 0 Å². The van der Waals surface area contributed by atoms with E-state index in [0.29, 0.717) is 12.8 Å². The molecule has 1 aliphatic carbocycles. The highest BCUT2D eigenvalue weighted by Crippen LogP contribution is 2.70. The molecule has 0 unspecified atom stereocenters. The van der Waals surface area contributed by atoms with Gasteiger partial charge < -0.3 is 8.92 Å². The van der Waals surface area contributed by atoms with E-state index in [1.165, 1.54) is 72.8 Å². The number of esters is 1. The van der Waals surface area contributed by atoms with Crippen LogP contribution < -0.4 is 0 Å². The van der Waals surface area contributed by atoms with Crippen LogP contribution in [0.15, 0.2) is 106 Å². The first-order chi connectivity index (χ1) is 18.9. The molecule has 11 heteroatoms. The maximum atomic E-state index is 15.2. The van der Waals surface area contributed by atoms with Gasteiger partial charge in [0.1, 0.15) is 6.10 Å². The standard InChI is InChI=1S/C29H26F6O4S/c30-27(31,25(36)38-21-13-5-1-6-14-21)29(34,35)28(32,33)26(37)39-40(22-15-7-2-8-16-22,23-17-9-3-10-18-23)24-19-11-4-12-20-24/h2-4,7-12,15-21H,1,5-6,13-14H2. The maximum absolute atomic E-state index is 15.2. The number of halogens is 6. The van der Waals surface area contributed by atoms with Gasteiger partial charge in [-0.1, -0.05) is 61.0 Å². The number of hydrogen-bond donors (Lipinski definition) is 0. The van der Waals surface area contributed by atoms with Gasteiger partial charge in [0.15, 0.2) is 0 Å². The van der Waals surface area contributed by atoms with Crippen molar-refractivity contribution in [2.45, 2.75) is 70.7 Å². The SMILES string of the molecule is O=C(OC1CCCCC1)C(F)(F)C(F)(F)C(F)(F)C(=O)OS(c1ccccc1)(c1ccccc1)c1ccccc1. The summed E-state index contributed by atoms with van der Waals surface area (Å²) in [6, 6.07) is 22.7. The third-order valence-corrected chi connectivity index (χ3v) is 9.76. The summed E-state index contributed by atoms with van der Waals surface area (Å²) in [4.78, 5) is 25.6. The van der Waals surface area contributed by atoms with Crippen LogP contribution >= 0.6 is 10.3 Å². The van der Waals surface area contributed by atoms with Crippen molar-refractivity contribution in [3.8, 4) is 0 Å². The first kappa shape index (κ1) is 29.5. The third-order valence-electron chi connectivity index (χ3n) is 6.55. The normalized spacial score (nSPS) is 15.8. The van der Waals surface area contributed by atoms with E-state index in [-0.39, 0.29) is 27.5 Å². The summed E-state index contributed by atoms with van der Waals surface area (Å²) >= 11 is 0. The second kappa shape index (κ2) is 11.6. The van der Waals surface area contributed by atoms with Crippen LogP contribution in [0.3, 0.4) is 0 Å². The second-order valence-electron chi connectivity index (χ2n) is 9.25. The fourth-order valence-electron chi connectivity index (χ4n) is 4.42. The summed E-state index contributed by atoms with van der Waals surface area (Å²) in [6.45, 7) is 0. The molecule has 0 spiro atoms. The number of hydrogen-bond acceptors (Lipinski definition) is 4. The largest absolute Gasteiger partial charge is 0.458 e. The van der Waals surface area contributed by atoms with Gasteiger partial charge in [0.05, 0.1) is 0 Å². The molecule has 0 radical (unpaired) electrons. The molecule has 1 fully saturated rings. The van der Waals surface area contributed by atoms with E-state index in [1.54, 1.807) is 18.2 Å². The van der Waals surface area contributed by atoms with Crippen LogP contribution in [0.5, 0.6) is 0 Å². The third kappa shape index (κ3) is 5.31. The zero-order valence-electron chi connectivity index (χ0n) is 21.1. The topological polar surface area (TPSA) is 52.6 Å². The Morgan fingerprint density at radius 3 is 1.38 bits per heavy atom. The molecular weight excluding hydrogens is 558 g/mol. The highest BCUT2D eigenvalue weighted by molar-refractivity contribution is 8.30. The summed E-state index contributed by atoms with van der Waals surface area (Å²) in [5.41, 5.74) is 0. The van der Waals surface area contributed by atoms with Crippen LogP contribution in [0, 0.1) is 0 Å². The van der Waals surface area contributed by atoms with Gasteiger partial charge in [-0.25, -0.2) is 9.59 Å². The molecule has 40 heavy (non-hydrogen) atoms. The lowest BCUT2D eigenvalue weighted by Crippen LogP contribution is -2.62. The molecule has 1 aliphatic rings. The van der Waals surface area contributed by atoms with Crippen LogP contribution in [0.4, 0.5) is 26.3 Å². The van der Waals surface area contributed by atoms with Crippen molar-refractivity contribution in [2.24, 2.45) is 0 Å². The Balaban J connectivity index is 1.76. The smallest absolute Gasteiger partial charge is 0.412 e. The highest BCUT2D eigenvalue weighted by Gasteiger charge is 2.80. The average Bonchev–Trinajstić information content (AvgIpc) is 2.97. The molecule has 1 saturated carbocycles. The molecule has 0 aliphatic heterocycles. The minimum Gasteiger partial charge on any atom is -0.458 e. The zero-order chi connectivity index (χ0) is 29.0. The maximum Gasteiger partial charge on any atom is 0.412 e. The number of carbonyl (C=O) groups excluding carboxylic acids is 2. The Morgan fingerprint density at radius 1 is 0.600 bits per heavy atom. The fourth-order valence-corrected chi connectivity index (χ4v) is 7.47. The molecule has 0 saturated heterocycles. The van der Waals surface area contributed by atoms with E-state index in [9.17, 15) is 27.2 Å². The Hall–Kier alpha value is -3.47. The van der Waals surface area contributed by atoms with Gasteiger partial charge in [-0.3, -0.25) is 0 Å². The Morgan fingerprint density at radius 2 is 0.975 bits per heavy atom. The van der Waals surface area contributed by atoms with Crippen molar-refractivity contribution in [3.05, 3.63) is 91.0 Å². The lowest BCUT2D eigenvalue weighted by atomic mass is 9.97. The van der Waals surface area contributed by atoms with Crippen molar-refractivity contribution in [1.29, 1.82) is 0 Å². The Bertz CT molecular complexity index is 1200. The lowest BCUT2D eigenvalue weighted by molar-refractivity contribution is -0.300. The number of benzene rings is 3. The summed E-state index contributed by atoms with van der Waals surface area (Å²) < 4.78 is 99.4. The van der Waals surface area contributed by atoms with Gasteiger partial charge in [0, 0.05) is 14.7 Å². The van der Waals surface area contributed by atoms with E-state index in [1.807, 2.05) is 0 Å². The second-order valence-corrected chi connectivity index (χ2v) is 11.9. The predicted octanol–water partition coefficient (Wildman–Crippen LogP) is 8.21. The predicted molar refractivity (Wildman–Crippen MR) is 136 cm³/mol. The van der Waals surface area contributed by atoms with E-state index in [2.05, 4.69) is 4.74 Å². The quantitative estimate of drug-likeness (QED) is 0.188. The summed E-state index contributed by atoms with van der Waals surface area (Å²) in [6.07, 6.45) is 0.928. The molecule has 0 atom stereocenters. The van der Waals surface area contributed by atoms with Crippen molar-refractivity contribution >= 4 is 22.2 Å². The number of rotatable bonds is 9. The van der Waals surface area contributed by atoms with E-state index in [4.69, 9.17) is 4.18 Å². The molecule has 0 amide bonds. The molecule has 4 nitrogen and oxygen atoms in total. The Kier molecular flexibility index (Phi) is 8.53. The Labute approximate surface area is 228 Å². The van der Waals surface area contributed by atoms with Crippen molar-refractivity contribution in [1.82, 2.24) is 0 Å². The highest BCUT2D eigenvalue weighted by atomic mass is 32.3.